The molecule has 2 saturated heterocycles. The van der Waals surface area contributed by atoms with Gasteiger partial charge in [0.1, 0.15) is 0 Å². The number of rotatable bonds is 4. The van der Waals surface area contributed by atoms with Crippen LogP contribution in [0.4, 0.5) is 0 Å². The SMILES string of the molecule is CN(C)CCCN1CCC2(C[CH2][Ge]([CH3])([CH3])[CH2]C2)C1. The molecule has 0 radical (unpaired) electrons. The summed E-state index contributed by atoms with van der Waals surface area (Å²) < 4.78 is 0. The predicted octanol–water partition coefficient (Wildman–Crippen LogP) is 3.13. The molecule has 3 heteroatoms. The fourth-order valence-corrected chi connectivity index (χ4v) is 9.28. The molecule has 2 aliphatic rings. The van der Waals surface area contributed by atoms with Gasteiger partial charge in [0.05, 0.1) is 0 Å². The molecule has 2 rings (SSSR count). The molecule has 0 aliphatic carbocycles. The summed E-state index contributed by atoms with van der Waals surface area (Å²) >= 11 is -1.26. The van der Waals surface area contributed by atoms with Crippen LogP contribution < -0.4 is 0 Å². The van der Waals surface area contributed by atoms with Crippen molar-refractivity contribution in [3.8, 4) is 0 Å². The van der Waals surface area contributed by atoms with Crippen LogP contribution in [0.25, 0.3) is 0 Å². The van der Waals surface area contributed by atoms with E-state index in [0.717, 1.165) is 5.41 Å². The van der Waals surface area contributed by atoms with Crippen molar-refractivity contribution in [2.24, 2.45) is 5.41 Å². The van der Waals surface area contributed by atoms with Crippen LogP contribution in [0.15, 0.2) is 0 Å². The van der Waals surface area contributed by atoms with E-state index >= 15 is 0 Å². The van der Waals surface area contributed by atoms with E-state index in [0.29, 0.717) is 0 Å². The molecule has 0 N–H and O–H groups in total. The van der Waals surface area contributed by atoms with E-state index in [-0.39, 0.29) is 0 Å². The molecular formula is C15H32GeN2. The molecule has 0 saturated carbocycles. The van der Waals surface area contributed by atoms with Crippen LogP contribution in [0.5, 0.6) is 0 Å². The van der Waals surface area contributed by atoms with Crippen LogP contribution >= 0.6 is 0 Å². The van der Waals surface area contributed by atoms with Crippen molar-refractivity contribution >= 4 is 13.3 Å². The Balaban J connectivity index is 1.74. The Morgan fingerprint density at radius 3 is 2.39 bits per heavy atom. The molecule has 2 nitrogen and oxygen atoms in total. The van der Waals surface area contributed by atoms with Crippen molar-refractivity contribution in [2.45, 2.75) is 47.7 Å². The summed E-state index contributed by atoms with van der Waals surface area (Å²) in [6.45, 7) is 5.36. The van der Waals surface area contributed by atoms with Crippen molar-refractivity contribution in [2.75, 3.05) is 40.3 Å². The van der Waals surface area contributed by atoms with E-state index in [1.807, 2.05) is 0 Å². The predicted molar refractivity (Wildman–Crippen MR) is 83.0 cm³/mol. The quantitative estimate of drug-likeness (QED) is 0.736. The van der Waals surface area contributed by atoms with Gasteiger partial charge in [0.2, 0.25) is 0 Å². The number of nitrogens with zero attached hydrogens (tertiary/aromatic N) is 2. The maximum atomic E-state index is 2.74. The molecule has 0 atom stereocenters. The molecule has 106 valence electrons. The number of likely N-dealkylation sites (tertiary alicyclic amines) is 1. The van der Waals surface area contributed by atoms with Gasteiger partial charge in [-0.05, 0) is 0 Å². The summed E-state index contributed by atoms with van der Waals surface area (Å²) in [5, 5.41) is 3.26. The van der Waals surface area contributed by atoms with E-state index in [2.05, 4.69) is 35.4 Å². The zero-order valence-corrected chi connectivity index (χ0v) is 15.1. The van der Waals surface area contributed by atoms with Crippen LogP contribution in [-0.2, 0) is 0 Å². The van der Waals surface area contributed by atoms with Crippen LogP contribution in [-0.4, -0.2) is 63.3 Å². The van der Waals surface area contributed by atoms with E-state index < -0.39 is 13.3 Å². The first-order chi connectivity index (χ1) is 8.41. The third kappa shape index (κ3) is 3.98. The van der Waals surface area contributed by atoms with Crippen molar-refractivity contribution in [3.63, 3.8) is 0 Å². The normalized spacial score (nSPS) is 27.2. The van der Waals surface area contributed by atoms with Gasteiger partial charge < -0.3 is 0 Å². The minimum atomic E-state index is -1.26. The van der Waals surface area contributed by atoms with Gasteiger partial charge in [-0.2, -0.15) is 0 Å². The summed E-state index contributed by atoms with van der Waals surface area (Å²) in [4.78, 5) is 5.05. The van der Waals surface area contributed by atoms with Gasteiger partial charge in [-0.1, -0.05) is 0 Å². The monoisotopic (exact) mass is 314 g/mol. The Morgan fingerprint density at radius 1 is 1.11 bits per heavy atom. The van der Waals surface area contributed by atoms with Gasteiger partial charge in [0.25, 0.3) is 0 Å². The van der Waals surface area contributed by atoms with Gasteiger partial charge >= 0.3 is 116 Å². The molecule has 2 fully saturated rings. The Hall–Kier alpha value is 0.463. The second kappa shape index (κ2) is 5.84. The third-order valence-corrected chi connectivity index (χ3v) is 12.0. The van der Waals surface area contributed by atoms with Crippen LogP contribution in [0.1, 0.15) is 25.7 Å². The molecule has 0 bridgehead atoms. The Labute approximate surface area is 116 Å². The van der Waals surface area contributed by atoms with Crippen molar-refractivity contribution in [1.29, 1.82) is 0 Å². The molecule has 0 aromatic rings. The Kier molecular flexibility index (Phi) is 4.82. The molecule has 0 aromatic carbocycles. The second-order valence-electron chi connectivity index (χ2n) is 7.85. The second-order valence-corrected chi connectivity index (χ2v) is 19.0. The molecular weight excluding hydrogens is 281 g/mol. The Bertz CT molecular complexity index is 266. The summed E-state index contributed by atoms with van der Waals surface area (Å²) in [6, 6.07) is 0. The standard InChI is InChI=1S/C15H32GeN2/c1-16(2)9-6-15(7-10-16)8-13-18(14-15)12-5-11-17(3)4/h5-14H2,1-4H3. The van der Waals surface area contributed by atoms with Crippen LogP contribution in [0.3, 0.4) is 0 Å². The zero-order valence-electron chi connectivity index (χ0n) is 13.0. The first-order valence-corrected chi connectivity index (χ1v) is 14.9. The summed E-state index contributed by atoms with van der Waals surface area (Å²) in [5.41, 5.74) is 0.749. The van der Waals surface area contributed by atoms with E-state index in [9.17, 15) is 0 Å². The fraction of sp³-hybridized carbons (Fsp3) is 1.00. The van der Waals surface area contributed by atoms with Crippen LogP contribution in [0, 0.1) is 5.41 Å². The van der Waals surface area contributed by atoms with Crippen molar-refractivity contribution in [1.82, 2.24) is 9.80 Å². The molecule has 2 aliphatic heterocycles. The molecule has 0 unspecified atom stereocenters. The van der Waals surface area contributed by atoms with Crippen LogP contribution in [0.2, 0.25) is 22.0 Å². The number of hydrogen-bond donors (Lipinski definition) is 0. The van der Waals surface area contributed by atoms with Gasteiger partial charge in [0.15, 0.2) is 0 Å². The van der Waals surface area contributed by atoms with Crippen molar-refractivity contribution < 1.29 is 0 Å². The Morgan fingerprint density at radius 2 is 1.78 bits per heavy atom. The molecule has 0 aromatic heterocycles. The molecule has 18 heavy (non-hydrogen) atoms. The topological polar surface area (TPSA) is 6.48 Å². The van der Waals surface area contributed by atoms with E-state index in [4.69, 9.17) is 0 Å². The van der Waals surface area contributed by atoms with Gasteiger partial charge in [-0.3, -0.25) is 0 Å². The zero-order chi connectivity index (χ0) is 13.2. The number of hydrogen-bond acceptors (Lipinski definition) is 2. The first-order valence-electron chi connectivity index (χ1n) is 7.78. The van der Waals surface area contributed by atoms with Gasteiger partial charge in [-0.25, -0.2) is 0 Å². The molecule has 2 heterocycles. The van der Waals surface area contributed by atoms with E-state index in [1.165, 1.54) is 39.0 Å². The molecule has 1 spiro atoms. The average molecular weight is 313 g/mol. The summed E-state index contributed by atoms with van der Waals surface area (Å²) in [5.74, 6) is 5.27. The van der Waals surface area contributed by atoms with E-state index in [1.54, 1.807) is 23.3 Å². The third-order valence-electron chi connectivity index (χ3n) is 5.26. The summed E-state index contributed by atoms with van der Waals surface area (Å²) in [7, 11) is 4.36. The van der Waals surface area contributed by atoms with Gasteiger partial charge in [-0.15, -0.1) is 0 Å². The first kappa shape index (κ1) is 14.9. The maximum absolute atomic E-state index is 2.74. The van der Waals surface area contributed by atoms with Gasteiger partial charge in [0, 0.05) is 0 Å². The van der Waals surface area contributed by atoms with Crippen molar-refractivity contribution in [3.05, 3.63) is 0 Å². The molecule has 0 amide bonds. The average Bonchev–Trinajstić information content (AvgIpc) is 2.67. The fourth-order valence-electron chi connectivity index (χ4n) is 3.69. The summed E-state index contributed by atoms with van der Waals surface area (Å²) in [6.07, 6.45) is 5.95. The minimum absolute atomic E-state index is 0.749.